The number of piperidine rings is 1. The summed E-state index contributed by atoms with van der Waals surface area (Å²) in [6.45, 7) is 4.66. The molecule has 6 nitrogen and oxygen atoms in total. The third-order valence-electron chi connectivity index (χ3n) is 4.33. The van der Waals surface area contributed by atoms with E-state index in [0.29, 0.717) is 12.3 Å². The van der Waals surface area contributed by atoms with Crippen molar-refractivity contribution in [1.29, 1.82) is 0 Å². The molecule has 132 valence electrons. The molecule has 0 aliphatic carbocycles. The van der Waals surface area contributed by atoms with Gasteiger partial charge < -0.3 is 15.0 Å². The summed E-state index contributed by atoms with van der Waals surface area (Å²) in [5, 5.41) is 2.76. The van der Waals surface area contributed by atoms with Gasteiger partial charge in [-0.15, -0.1) is 0 Å². The molecule has 1 aromatic heterocycles. The quantitative estimate of drug-likeness (QED) is 0.876. The van der Waals surface area contributed by atoms with Gasteiger partial charge in [-0.3, -0.25) is 4.79 Å². The van der Waals surface area contributed by atoms with Crippen molar-refractivity contribution in [2.75, 3.05) is 29.9 Å². The summed E-state index contributed by atoms with van der Waals surface area (Å²) in [5.41, 5.74) is 1.63. The van der Waals surface area contributed by atoms with Gasteiger partial charge in [-0.25, -0.2) is 9.97 Å². The largest absolute Gasteiger partial charge is 0.367 e. The molecule has 0 unspecified atom stereocenters. The molecule has 1 aliphatic rings. The summed E-state index contributed by atoms with van der Waals surface area (Å²) in [6.07, 6.45) is 5.63. The van der Waals surface area contributed by atoms with Gasteiger partial charge in [0.25, 0.3) is 0 Å². The van der Waals surface area contributed by atoms with Crippen molar-refractivity contribution in [2.24, 2.45) is 5.92 Å². The van der Waals surface area contributed by atoms with Crippen molar-refractivity contribution in [1.82, 2.24) is 9.97 Å². The Morgan fingerprint density at radius 1 is 1.20 bits per heavy atom. The molecule has 0 saturated carbocycles. The second-order valence-electron chi connectivity index (χ2n) is 6.47. The zero-order chi connectivity index (χ0) is 17.5. The van der Waals surface area contributed by atoms with Crippen LogP contribution in [-0.2, 0) is 16.1 Å². The monoisotopic (exact) mass is 340 g/mol. The Bertz CT molecular complexity index is 668. The molecule has 6 heteroatoms. The Morgan fingerprint density at radius 3 is 2.56 bits per heavy atom. The molecule has 1 aromatic carbocycles. The number of ether oxygens (including phenoxy) is 1. The SMILES string of the molecule is CC1CCN(c2ncc(NC(=O)COCc3ccccc3)cn2)CC1. The summed E-state index contributed by atoms with van der Waals surface area (Å²) in [5.74, 6) is 1.29. The molecule has 1 saturated heterocycles. The first kappa shape index (κ1) is 17.4. The highest BCUT2D eigenvalue weighted by atomic mass is 16.5. The van der Waals surface area contributed by atoms with E-state index in [-0.39, 0.29) is 12.5 Å². The number of hydrogen-bond acceptors (Lipinski definition) is 5. The van der Waals surface area contributed by atoms with Crippen LogP contribution in [-0.4, -0.2) is 35.6 Å². The second-order valence-corrected chi connectivity index (χ2v) is 6.47. The first-order chi connectivity index (χ1) is 12.2. The molecule has 3 rings (SSSR count). The van der Waals surface area contributed by atoms with Gasteiger partial charge in [0.05, 0.1) is 24.7 Å². The number of nitrogens with one attached hydrogen (secondary N) is 1. The smallest absolute Gasteiger partial charge is 0.250 e. The molecular formula is C19H24N4O2. The Morgan fingerprint density at radius 2 is 1.88 bits per heavy atom. The molecule has 1 aliphatic heterocycles. The fourth-order valence-electron chi connectivity index (χ4n) is 2.79. The summed E-state index contributed by atoms with van der Waals surface area (Å²) in [6, 6.07) is 9.77. The third kappa shape index (κ3) is 5.26. The van der Waals surface area contributed by atoms with Crippen molar-refractivity contribution in [3.8, 4) is 0 Å². The summed E-state index contributed by atoms with van der Waals surface area (Å²) < 4.78 is 5.42. The van der Waals surface area contributed by atoms with Crippen molar-refractivity contribution in [3.63, 3.8) is 0 Å². The van der Waals surface area contributed by atoms with E-state index in [2.05, 4.69) is 27.1 Å². The van der Waals surface area contributed by atoms with Gasteiger partial charge in [-0.1, -0.05) is 37.3 Å². The lowest BCUT2D eigenvalue weighted by Gasteiger charge is -2.30. The van der Waals surface area contributed by atoms with E-state index in [1.165, 1.54) is 12.8 Å². The van der Waals surface area contributed by atoms with Crippen molar-refractivity contribution in [3.05, 3.63) is 48.3 Å². The second kappa shape index (κ2) is 8.58. The first-order valence-electron chi connectivity index (χ1n) is 8.69. The molecule has 1 fully saturated rings. The van der Waals surface area contributed by atoms with E-state index >= 15 is 0 Å². The lowest BCUT2D eigenvalue weighted by molar-refractivity contribution is -0.121. The van der Waals surface area contributed by atoms with E-state index in [1.54, 1.807) is 12.4 Å². The highest BCUT2D eigenvalue weighted by Crippen LogP contribution is 2.20. The summed E-state index contributed by atoms with van der Waals surface area (Å²) in [4.78, 5) is 22.8. The fourth-order valence-corrected chi connectivity index (χ4v) is 2.79. The number of anilines is 2. The standard InChI is InChI=1S/C19H24N4O2/c1-15-7-9-23(10-8-15)19-20-11-17(12-21-19)22-18(24)14-25-13-16-5-3-2-4-6-16/h2-6,11-12,15H,7-10,13-14H2,1H3,(H,22,24). The van der Waals surface area contributed by atoms with Crippen LogP contribution >= 0.6 is 0 Å². The molecule has 1 N–H and O–H groups in total. The van der Waals surface area contributed by atoms with Crippen LogP contribution in [0.5, 0.6) is 0 Å². The van der Waals surface area contributed by atoms with Crippen LogP contribution in [0.3, 0.4) is 0 Å². The molecule has 1 amide bonds. The highest BCUT2D eigenvalue weighted by Gasteiger charge is 2.17. The van der Waals surface area contributed by atoms with Gasteiger partial charge >= 0.3 is 0 Å². The van der Waals surface area contributed by atoms with Gasteiger partial charge in [-0.2, -0.15) is 0 Å². The fraction of sp³-hybridized carbons (Fsp3) is 0.421. The van der Waals surface area contributed by atoms with Gasteiger partial charge in [-0.05, 0) is 24.3 Å². The van der Waals surface area contributed by atoms with E-state index in [1.807, 2.05) is 30.3 Å². The molecule has 2 aromatic rings. The van der Waals surface area contributed by atoms with Crippen LogP contribution in [0.4, 0.5) is 11.6 Å². The number of carbonyl (C=O) groups is 1. The maximum Gasteiger partial charge on any atom is 0.250 e. The average molecular weight is 340 g/mol. The lowest BCUT2D eigenvalue weighted by Crippen LogP contribution is -2.34. The molecule has 0 atom stereocenters. The highest BCUT2D eigenvalue weighted by molar-refractivity contribution is 5.91. The van der Waals surface area contributed by atoms with Crippen LogP contribution in [0.2, 0.25) is 0 Å². The van der Waals surface area contributed by atoms with Crippen molar-refractivity contribution < 1.29 is 9.53 Å². The van der Waals surface area contributed by atoms with Crippen molar-refractivity contribution in [2.45, 2.75) is 26.4 Å². The Labute approximate surface area is 148 Å². The maximum absolute atomic E-state index is 11.9. The molecule has 2 heterocycles. The predicted octanol–water partition coefficient (Wildman–Crippen LogP) is 2.87. The normalized spacial score (nSPS) is 15.2. The van der Waals surface area contributed by atoms with E-state index in [4.69, 9.17) is 4.74 Å². The van der Waals surface area contributed by atoms with Crippen molar-refractivity contribution >= 4 is 17.5 Å². The number of carbonyl (C=O) groups excluding carboxylic acids is 1. The minimum absolute atomic E-state index is 0.000654. The number of aromatic nitrogens is 2. The summed E-state index contributed by atoms with van der Waals surface area (Å²) in [7, 11) is 0. The minimum Gasteiger partial charge on any atom is -0.367 e. The lowest BCUT2D eigenvalue weighted by atomic mass is 10.00. The van der Waals surface area contributed by atoms with Gasteiger partial charge in [0.2, 0.25) is 11.9 Å². The van der Waals surface area contributed by atoms with Crippen LogP contribution in [0.25, 0.3) is 0 Å². The van der Waals surface area contributed by atoms with Crippen LogP contribution < -0.4 is 10.2 Å². The Balaban J connectivity index is 1.44. The Hall–Kier alpha value is -2.47. The molecule has 25 heavy (non-hydrogen) atoms. The predicted molar refractivity (Wildman–Crippen MR) is 97.4 cm³/mol. The topological polar surface area (TPSA) is 67.4 Å². The third-order valence-corrected chi connectivity index (χ3v) is 4.33. The molecule has 0 radical (unpaired) electrons. The van der Waals surface area contributed by atoms with Crippen LogP contribution in [0.15, 0.2) is 42.7 Å². The molecule has 0 spiro atoms. The molecular weight excluding hydrogens is 316 g/mol. The summed E-state index contributed by atoms with van der Waals surface area (Å²) >= 11 is 0. The number of nitrogens with zero attached hydrogens (tertiary/aromatic N) is 3. The number of rotatable bonds is 6. The Kier molecular flexibility index (Phi) is 5.95. The van der Waals surface area contributed by atoms with Gasteiger partial charge in [0, 0.05) is 13.1 Å². The van der Waals surface area contributed by atoms with E-state index < -0.39 is 0 Å². The van der Waals surface area contributed by atoms with Gasteiger partial charge in [0.15, 0.2) is 0 Å². The number of amides is 1. The first-order valence-corrected chi connectivity index (χ1v) is 8.69. The molecule has 0 bridgehead atoms. The van der Waals surface area contributed by atoms with E-state index in [0.717, 1.165) is 30.5 Å². The number of hydrogen-bond donors (Lipinski definition) is 1. The minimum atomic E-state index is -0.209. The van der Waals surface area contributed by atoms with Gasteiger partial charge in [0.1, 0.15) is 6.61 Å². The number of benzene rings is 1. The maximum atomic E-state index is 11.9. The van der Waals surface area contributed by atoms with Crippen LogP contribution in [0, 0.1) is 5.92 Å². The average Bonchev–Trinajstić information content (AvgIpc) is 2.64. The zero-order valence-corrected chi connectivity index (χ0v) is 14.5. The zero-order valence-electron chi connectivity index (χ0n) is 14.5. The van der Waals surface area contributed by atoms with E-state index in [9.17, 15) is 4.79 Å². The van der Waals surface area contributed by atoms with Crippen LogP contribution in [0.1, 0.15) is 25.3 Å².